The van der Waals surface area contributed by atoms with Gasteiger partial charge >= 0.3 is 0 Å². The van der Waals surface area contributed by atoms with Gasteiger partial charge in [-0.1, -0.05) is 0 Å². The van der Waals surface area contributed by atoms with Crippen LogP contribution >= 0.6 is 0 Å². The number of hydrogen-bond donors (Lipinski definition) is 3. The molecule has 0 bridgehead atoms. The zero-order valence-electron chi connectivity index (χ0n) is 10.6. The number of aliphatic hydroxyl groups excluding tert-OH is 1. The predicted molar refractivity (Wildman–Crippen MR) is 71.4 cm³/mol. The molecule has 0 radical (unpaired) electrons. The Morgan fingerprint density at radius 3 is 2.75 bits per heavy atom. The fourth-order valence-corrected chi connectivity index (χ4v) is 3.47. The minimum Gasteiger partial charge on any atom is -0.394 e. The Kier molecular flexibility index (Phi) is 2.94. The van der Waals surface area contributed by atoms with Crippen LogP contribution in [0.1, 0.15) is 19.3 Å². The van der Waals surface area contributed by atoms with Gasteiger partial charge in [0.2, 0.25) is 5.96 Å². The summed E-state index contributed by atoms with van der Waals surface area (Å²) in [5, 5.41) is 12.2. The van der Waals surface area contributed by atoms with Crippen LogP contribution in [0.2, 0.25) is 0 Å². The van der Waals surface area contributed by atoms with Crippen LogP contribution in [0.5, 0.6) is 0 Å². The summed E-state index contributed by atoms with van der Waals surface area (Å²) < 4.78 is 39.5. The van der Waals surface area contributed by atoms with E-state index >= 15 is 0 Å². The minimum absolute atomic E-state index is 0.0675. The monoisotopic (exact) mass is 299 g/mol. The Hall–Kier alpha value is -1.67. The van der Waals surface area contributed by atoms with Crippen LogP contribution in [0.4, 0.5) is 10.1 Å². The molecule has 1 aromatic carbocycles. The van der Waals surface area contributed by atoms with Crippen molar-refractivity contribution >= 4 is 21.7 Å². The summed E-state index contributed by atoms with van der Waals surface area (Å²) in [5.74, 6) is -0.556. The van der Waals surface area contributed by atoms with Crippen LogP contribution in [0, 0.1) is 5.82 Å². The highest BCUT2D eigenvalue weighted by molar-refractivity contribution is 7.90. The lowest BCUT2D eigenvalue weighted by Gasteiger charge is -2.37. The molecule has 20 heavy (non-hydrogen) atoms. The third kappa shape index (κ3) is 2.14. The number of hydrogen-bond acceptors (Lipinski definition) is 4. The minimum atomic E-state index is -3.84. The molecule has 0 saturated heterocycles. The molecule has 0 spiro atoms. The first-order valence-electron chi connectivity index (χ1n) is 6.24. The molecule has 1 fully saturated rings. The Bertz CT molecular complexity index is 678. The summed E-state index contributed by atoms with van der Waals surface area (Å²) in [6.45, 7) is -0.129. The highest BCUT2D eigenvalue weighted by atomic mass is 32.2. The van der Waals surface area contributed by atoms with Crippen molar-refractivity contribution in [3.63, 3.8) is 0 Å². The number of guanidine groups is 1. The van der Waals surface area contributed by atoms with Crippen molar-refractivity contribution in [3.8, 4) is 0 Å². The van der Waals surface area contributed by atoms with Gasteiger partial charge in [-0.05, 0) is 37.5 Å². The van der Waals surface area contributed by atoms with E-state index in [-0.39, 0.29) is 23.1 Å². The lowest BCUT2D eigenvalue weighted by atomic mass is 9.78. The van der Waals surface area contributed by atoms with Crippen molar-refractivity contribution in [2.24, 2.45) is 4.99 Å². The van der Waals surface area contributed by atoms with Crippen molar-refractivity contribution in [1.29, 1.82) is 0 Å². The van der Waals surface area contributed by atoms with E-state index < -0.39 is 21.4 Å². The molecule has 108 valence electrons. The number of aliphatic hydroxyl groups is 1. The van der Waals surface area contributed by atoms with Gasteiger partial charge in [-0.2, -0.15) is 0 Å². The van der Waals surface area contributed by atoms with E-state index in [1.54, 1.807) is 0 Å². The number of sulfonamides is 1. The van der Waals surface area contributed by atoms with Gasteiger partial charge in [0, 0.05) is 0 Å². The number of halogens is 1. The van der Waals surface area contributed by atoms with Gasteiger partial charge in [0.25, 0.3) is 10.0 Å². The normalized spacial score (nSPS) is 24.2. The third-order valence-electron chi connectivity index (χ3n) is 3.64. The van der Waals surface area contributed by atoms with Gasteiger partial charge in [-0.3, -0.25) is 0 Å². The lowest BCUT2D eigenvalue weighted by molar-refractivity contribution is 0.128. The first-order valence-corrected chi connectivity index (χ1v) is 7.73. The number of benzene rings is 1. The average molecular weight is 299 g/mol. The van der Waals surface area contributed by atoms with Crippen molar-refractivity contribution in [1.82, 2.24) is 4.72 Å². The molecule has 0 unspecified atom stereocenters. The molecule has 1 aliphatic carbocycles. The van der Waals surface area contributed by atoms with Crippen LogP contribution in [0.25, 0.3) is 0 Å². The summed E-state index contributed by atoms with van der Waals surface area (Å²) in [6, 6.07) is 3.48. The molecule has 0 atom stereocenters. The average Bonchev–Trinajstić information content (AvgIpc) is 2.34. The Labute approximate surface area is 115 Å². The fraction of sp³-hybridized carbons (Fsp3) is 0.417. The predicted octanol–water partition coefficient (Wildman–Crippen LogP) is 0.800. The number of anilines is 1. The van der Waals surface area contributed by atoms with E-state index in [1.807, 2.05) is 0 Å². The zero-order valence-corrected chi connectivity index (χ0v) is 11.4. The van der Waals surface area contributed by atoms with Crippen molar-refractivity contribution in [2.45, 2.75) is 29.7 Å². The van der Waals surface area contributed by atoms with E-state index in [1.165, 1.54) is 12.1 Å². The highest BCUT2D eigenvalue weighted by Gasteiger charge is 2.38. The SMILES string of the molecule is O=S1(=O)NC(=NC2(CO)CCC2)Nc2ccc(F)cc21. The summed E-state index contributed by atoms with van der Waals surface area (Å²) in [6.07, 6.45) is 2.38. The molecule has 1 aromatic rings. The Morgan fingerprint density at radius 1 is 1.40 bits per heavy atom. The number of nitrogens with one attached hydrogen (secondary N) is 2. The van der Waals surface area contributed by atoms with Crippen LogP contribution in [-0.2, 0) is 10.0 Å². The third-order valence-corrected chi connectivity index (χ3v) is 5.02. The zero-order chi connectivity index (χ0) is 14.4. The smallest absolute Gasteiger partial charge is 0.266 e. The summed E-state index contributed by atoms with van der Waals surface area (Å²) in [5.41, 5.74) is -0.334. The van der Waals surface area contributed by atoms with Gasteiger partial charge < -0.3 is 10.4 Å². The summed E-state index contributed by atoms with van der Waals surface area (Å²) in [7, 11) is -3.84. The maximum absolute atomic E-state index is 13.1. The van der Waals surface area contributed by atoms with E-state index in [4.69, 9.17) is 0 Å². The van der Waals surface area contributed by atoms with E-state index in [0.717, 1.165) is 12.5 Å². The van der Waals surface area contributed by atoms with Gasteiger partial charge in [-0.15, -0.1) is 0 Å². The molecule has 3 rings (SSSR count). The molecule has 3 N–H and O–H groups in total. The number of aliphatic imine (C=N–C) groups is 1. The standard InChI is InChI=1S/C12H14FN3O3S/c13-8-2-3-9-10(6-8)20(18,19)16-11(14-9)15-12(7-17)4-1-5-12/h2-3,6,17H,1,4-5,7H2,(H2,14,15,16). The second-order valence-electron chi connectivity index (χ2n) is 5.07. The first-order chi connectivity index (χ1) is 9.44. The molecule has 2 aliphatic rings. The maximum atomic E-state index is 13.1. The second-order valence-corrected chi connectivity index (χ2v) is 6.72. The topological polar surface area (TPSA) is 90.8 Å². The molecule has 0 aromatic heterocycles. The molecule has 8 heteroatoms. The van der Waals surface area contributed by atoms with Crippen molar-refractivity contribution < 1.29 is 17.9 Å². The summed E-state index contributed by atoms with van der Waals surface area (Å²) >= 11 is 0. The number of fused-ring (bicyclic) bond motifs is 1. The molecule has 6 nitrogen and oxygen atoms in total. The van der Waals surface area contributed by atoms with Gasteiger partial charge in [0.15, 0.2) is 0 Å². The van der Waals surface area contributed by atoms with Crippen LogP contribution < -0.4 is 10.0 Å². The first kappa shape index (κ1) is 13.3. The van der Waals surface area contributed by atoms with Gasteiger partial charge in [0.05, 0.1) is 17.8 Å². The largest absolute Gasteiger partial charge is 0.394 e. The molecular formula is C12H14FN3O3S. The van der Waals surface area contributed by atoms with E-state index in [2.05, 4.69) is 15.0 Å². The van der Waals surface area contributed by atoms with Gasteiger partial charge in [0.1, 0.15) is 10.7 Å². The molecule has 1 saturated carbocycles. The van der Waals surface area contributed by atoms with Crippen molar-refractivity contribution in [2.75, 3.05) is 11.9 Å². The maximum Gasteiger partial charge on any atom is 0.266 e. The lowest BCUT2D eigenvalue weighted by Crippen LogP contribution is -2.46. The Morgan fingerprint density at radius 2 is 2.15 bits per heavy atom. The van der Waals surface area contributed by atoms with Crippen LogP contribution in [-0.4, -0.2) is 31.6 Å². The summed E-state index contributed by atoms with van der Waals surface area (Å²) in [4.78, 5) is 4.13. The number of nitrogens with zero attached hydrogens (tertiary/aromatic N) is 1. The molecule has 1 aliphatic heterocycles. The highest BCUT2D eigenvalue weighted by Crippen LogP contribution is 2.36. The van der Waals surface area contributed by atoms with Crippen LogP contribution in [0.15, 0.2) is 28.1 Å². The second kappa shape index (κ2) is 4.42. The van der Waals surface area contributed by atoms with Crippen LogP contribution in [0.3, 0.4) is 0 Å². The quantitative estimate of drug-likeness (QED) is 0.753. The molecule has 1 heterocycles. The van der Waals surface area contributed by atoms with Gasteiger partial charge in [-0.25, -0.2) is 22.5 Å². The van der Waals surface area contributed by atoms with Crippen molar-refractivity contribution in [3.05, 3.63) is 24.0 Å². The Balaban J connectivity index is 2.00. The molecule has 0 amide bonds. The number of rotatable bonds is 2. The van der Waals surface area contributed by atoms with E-state index in [9.17, 15) is 17.9 Å². The molecular weight excluding hydrogens is 285 g/mol. The fourth-order valence-electron chi connectivity index (χ4n) is 2.34. The van der Waals surface area contributed by atoms with E-state index in [0.29, 0.717) is 12.8 Å².